The van der Waals surface area contributed by atoms with Crippen LogP contribution in [0.4, 0.5) is 0 Å². The highest BCUT2D eigenvalue weighted by Gasteiger charge is 2.05. The number of aromatic nitrogens is 1. The Balaban J connectivity index is 2.27. The fraction of sp³-hybridized carbons (Fsp3) is 0.636. The molecular weight excluding hydrogens is 194 g/mol. The van der Waals surface area contributed by atoms with Crippen LogP contribution in [0.3, 0.4) is 0 Å². The molecule has 1 rings (SSSR count). The van der Waals surface area contributed by atoms with Gasteiger partial charge in [-0.05, 0) is 13.3 Å². The molecule has 0 aromatic carbocycles. The molecule has 0 amide bonds. The summed E-state index contributed by atoms with van der Waals surface area (Å²) < 4.78 is 0. The normalized spacial score (nSPS) is 10.4. The molecule has 1 aromatic rings. The third kappa shape index (κ3) is 4.01. The molecule has 0 fully saturated rings. The van der Waals surface area contributed by atoms with Crippen LogP contribution < -0.4 is 0 Å². The summed E-state index contributed by atoms with van der Waals surface area (Å²) in [4.78, 5) is 15.7. The summed E-state index contributed by atoms with van der Waals surface area (Å²) in [5.41, 5.74) is 0.939. The molecule has 0 aliphatic rings. The number of ketones is 1. The van der Waals surface area contributed by atoms with Gasteiger partial charge in [0.1, 0.15) is 5.78 Å². The first-order valence-electron chi connectivity index (χ1n) is 5.15. The van der Waals surface area contributed by atoms with Gasteiger partial charge in [0.15, 0.2) is 0 Å². The molecule has 0 N–H and O–H groups in total. The van der Waals surface area contributed by atoms with E-state index in [1.54, 1.807) is 11.3 Å². The van der Waals surface area contributed by atoms with Crippen LogP contribution in [0.15, 0.2) is 5.38 Å². The van der Waals surface area contributed by atoms with Gasteiger partial charge in [0.05, 0.1) is 10.7 Å². The monoisotopic (exact) mass is 211 g/mol. The third-order valence-corrected chi connectivity index (χ3v) is 2.93. The van der Waals surface area contributed by atoms with Crippen molar-refractivity contribution in [3.8, 4) is 0 Å². The highest BCUT2D eigenvalue weighted by Crippen LogP contribution is 2.10. The van der Waals surface area contributed by atoms with E-state index in [1.807, 2.05) is 12.3 Å². The maximum Gasteiger partial charge on any atom is 0.138 e. The van der Waals surface area contributed by atoms with Crippen LogP contribution >= 0.6 is 11.3 Å². The molecule has 0 spiro atoms. The summed E-state index contributed by atoms with van der Waals surface area (Å²) in [7, 11) is 0. The number of aryl methyl sites for hydroxylation is 1. The van der Waals surface area contributed by atoms with E-state index in [0.29, 0.717) is 18.6 Å². The van der Waals surface area contributed by atoms with Crippen molar-refractivity contribution in [2.75, 3.05) is 0 Å². The van der Waals surface area contributed by atoms with Gasteiger partial charge in [-0.1, -0.05) is 19.8 Å². The van der Waals surface area contributed by atoms with Gasteiger partial charge in [-0.25, -0.2) is 4.98 Å². The van der Waals surface area contributed by atoms with Gasteiger partial charge in [-0.3, -0.25) is 4.79 Å². The lowest BCUT2D eigenvalue weighted by Crippen LogP contribution is -2.02. The van der Waals surface area contributed by atoms with Crippen LogP contribution in [-0.2, 0) is 11.2 Å². The summed E-state index contributed by atoms with van der Waals surface area (Å²) in [6.45, 7) is 4.12. The second-order valence-corrected chi connectivity index (χ2v) is 4.59. The van der Waals surface area contributed by atoms with E-state index >= 15 is 0 Å². The van der Waals surface area contributed by atoms with Crippen molar-refractivity contribution in [2.24, 2.45) is 0 Å². The predicted molar refractivity (Wildman–Crippen MR) is 59.7 cm³/mol. The molecule has 1 aromatic heterocycles. The van der Waals surface area contributed by atoms with E-state index in [4.69, 9.17) is 0 Å². The zero-order valence-electron chi connectivity index (χ0n) is 8.88. The van der Waals surface area contributed by atoms with E-state index in [2.05, 4.69) is 11.9 Å². The van der Waals surface area contributed by atoms with Gasteiger partial charge >= 0.3 is 0 Å². The first-order valence-corrected chi connectivity index (χ1v) is 6.03. The molecule has 78 valence electrons. The lowest BCUT2D eigenvalue weighted by atomic mass is 10.1. The molecule has 14 heavy (non-hydrogen) atoms. The average Bonchev–Trinajstić information content (AvgIpc) is 2.52. The van der Waals surface area contributed by atoms with Crippen LogP contribution in [0.2, 0.25) is 0 Å². The number of hydrogen-bond donors (Lipinski definition) is 0. The fourth-order valence-corrected chi connectivity index (χ4v) is 1.96. The Labute approximate surface area is 89.4 Å². The number of carbonyl (C=O) groups excluding carboxylic acids is 1. The molecule has 0 radical (unpaired) electrons. The lowest BCUT2D eigenvalue weighted by Gasteiger charge is -1.97. The van der Waals surface area contributed by atoms with Crippen molar-refractivity contribution in [3.63, 3.8) is 0 Å². The Morgan fingerprint density at radius 1 is 1.50 bits per heavy atom. The highest BCUT2D eigenvalue weighted by molar-refractivity contribution is 7.09. The van der Waals surface area contributed by atoms with E-state index in [-0.39, 0.29) is 0 Å². The zero-order valence-corrected chi connectivity index (χ0v) is 9.69. The van der Waals surface area contributed by atoms with Gasteiger partial charge < -0.3 is 0 Å². The molecule has 0 saturated heterocycles. The molecule has 2 nitrogen and oxygen atoms in total. The number of nitrogens with zero attached hydrogens (tertiary/aromatic N) is 1. The average molecular weight is 211 g/mol. The summed E-state index contributed by atoms with van der Waals surface area (Å²) in [5.74, 6) is 0.323. The van der Waals surface area contributed by atoms with Gasteiger partial charge in [0.25, 0.3) is 0 Å². The molecule has 0 bridgehead atoms. The SMILES string of the molecule is CCCCCC(=O)Cc1csc(C)n1. The molecule has 0 aliphatic heterocycles. The zero-order chi connectivity index (χ0) is 10.4. The second-order valence-electron chi connectivity index (χ2n) is 3.53. The van der Waals surface area contributed by atoms with Crippen molar-refractivity contribution in [1.82, 2.24) is 4.98 Å². The maximum absolute atomic E-state index is 11.5. The Hall–Kier alpha value is -0.700. The number of unbranched alkanes of at least 4 members (excludes halogenated alkanes) is 2. The fourth-order valence-electron chi connectivity index (χ4n) is 1.35. The van der Waals surface area contributed by atoms with Crippen LogP contribution in [-0.4, -0.2) is 10.8 Å². The number of Topliss-reactive ketones (excluding diaryl/α,β-unsaturated/α-hetero) is 1. The molecule has 3 heteroatoms. The minimum absolute atomic E-state index is 0.323. The van der Waals surface area contributed by atoms with Gasteiger partial charge in [0.2, 0.25) is 0 Å². The van der Waals surface area contributed by atoms with E-state index in [0.717, 1.165) is 23.5 Å². The molecule has 0 unspecified atom stereocenters. The van der Waals surface area contributed by atoms with E-state index in [9.17, 15) is 4.79 Å². The maximum atomic E-state index is 11.5. The Morgan fingerprint density at radius 2 is 2.29 bits per heavy atom. The summed E-state index contributed by atoms with van der Waals surface area (Å²) in [6, 6.07) is 0. The van der Waals surface area contributed by atoms with E-state index in [1.165, 1.54) is 6.42 Å². The minimum atomic E-state index is 0.323. The smallest absolute Gasteiger partial charge is 0.138 e. The number of carbonyl (C=O) groups is 1. The molecule has 0 saturated carbocycles. The first-order chi connectivity index (χ1) is 6.72. The van der Waals surface area contributed by atoms with Crippen LogP contribution in [0, 0.1) is 6.92 Å². The standard InChI is InChI=1S/C11H17NOS/c1-3-4-5-6-11(13)7-10-8-14-9(2)12-10/h8H,3-7H2,1-2H3. The van der Waals surface area contributed by atoms with Gasteiger partial charge in [0, 0.05) is 18.2 Å². The van der Waals surface area contributed by atoms with Crippen molar-refractivity contribution < 1.29 is 4.79 Å². The lowest BCUT2D eigenvalue weighted by molar-refractivity contribution is -0.118. The van der Waals surface area contributed by atoms with Crippen LogP contribution in [0.1, 0.15) is 43.3 Å². The van der Waals surface area contributed by atoms with Crippen molar-refractivity contribution in [3.05, 3.63) is 16.1 Å². The van der Waals surface area contributed by atoms with Gasteiger partial charge in [-0.15, -0.1) is 11.3 Å². The number of hydrogen-bond acceptors (Lipinski definition) is 3. The van der Waals surface area contributed by atoms with Crippen molar-refractivity contribution >= 4 is 17.1 Å². The largest absolute Gasteiger partial charge is 0.299 e. The van der Waals surface area contributed by atoms with Crippen molar-refractivity contribution in [1.29, 1.82) is 0 Å². The van der Waals surface area contributed by atoms with E-state index < -0.39 is 0 Å². The van der Waals surface area contributed by atoms with Crippen molar-refractivity contribution in [2.45, 2.75) is 46.0 Å². The Morgan fingerprint density at radius 3 is 2.86 bits per heavy atom. The second kappa shape index (κ2) is 5.91. The highest BCUT2D eigenvalue weighted by atomic mass is 32.1. The Kier molecular flexibility index (Phi) is 4.80. The molecular formula is C11H17NOS. The number of thiazole rings is 1. The summed E-state index contributed by atoms with van der Waals surface area (Å²) in [6.07, 6.45) is 4.59. The predicted octanol–water partition coefficient (Wildman–Crippen LogP) is 3.14. The topological polar surface area (TPSA) is 30.0 Å². The molecule has 1 heterocycles. The summed E-state index contributed by atoms with van der Waals surface area (Å²) >= 11 is 1.61. The van der Waals surface area contributed by atoms with Crippen LogP contribution in [0.25, 0.3) is 0 Å². The summed E-state index contributed by atoms with van der Waals surface area (Å²) in [5, 5.41) is 3.02. The van der Waals surface area contributed by atoms with Crippen LogP contribution in [0.5, 0.6) is 0 Å². The molecule has 0 aliphatic carbocycles. The Bertz CT molecular complexity index is 293. The van der Waals surface area contributed by atoms with Gasteiger partial charge in [-0.2, -0.15) is 0 Å². The third-order valence-electron chi connectivity index (χ3n) is 2.10. The molecule has 0 atom stereocenters. The minimum Gasteiger partial charge on any atom is -0.299 e. The quantitative estimate of drug-likeness (QED) is 0.677. The number of rotatable bonds is 6. The first kappa shape index (κ1) is 11.4.